The molecule has 1 aromatic carbocycles. The SMILES string of the molecule is CCn1c(SCC(=O)NN2C(=O)NC3(CCC(C)CC3)C2=O)nc2ccccc2c1=O. The number of amides is 4. The number of urea groups is 1. The van der Waals surface area contributed by atoms with E-state index in [0.29, 0.717) is 41.4 Å². The van der Waals surface area contributed by atoms with Crippen LogP contribution in [0.2, 0.25) is 0 Å². The van der Waals surface area contributed by atoms with Crippen molar-refractivity contribution >= 4 is 40.5 Å². The molecule has 0 atom stereocenters. The Kier molecular flexibility index (Phi) is 5.74. The molecule has 2 fully saturated rings. The molecule has 1 spiro atoms. The Bertz CT molecular complexity index is 1110. The number of nitrogens with one attached hydrogen (secondary N) is 2. The van der Waals surface area contributed by atoms with Crippen LogP contribution in [0.15, 0.2) is 34.2 Å². The van der Waals surface area contributed by atoms with Crippen molar-refractivity contribution in [2.75, 3.05) is 5.75 Å². The molecule has 0 unspecified atom stereocenters. The van der Waals surface area contributed by atoms with Crippen LogP contribution >= 0.6 is 11.8 Å². The third kappa shape index (κ3) is 3.91. The van der Waals surface area contributed by atoms with E-state index in [0.717, 1.165) is 29.6 Å². The molecule has 1 aliphatic carbocycles. The highest BCUT2D eigenvalue weighted by atomic mass is 32.2. The summed E-state index contributed by atoms with van der Waals surface area (Å²) >= 11 is 1.09. The van der Waals surface area contributed by atoms with Gasteiger partial charge in [0.15, 0.2) is 5.16 Å². The third-order valence-electron chi connectivity index (χ3n) is 6.00. The van der Waals surface area contributed by atoms with Crippen molar-refractivity contribution in [3.05, 3.63) is 34.6 Å². The van der Waals surface area contributed by atoms with E-state index < -0.39 is 23.4 Å². The van der Waals surface area contributed by atoms with Gasteiger partial charge in [-0.15, -0.1) is 0 Å². The van der Waals surface area contributed by atoms with E-state index in [1.165, 1.54) is 4.57 Å². The van der Waals surface area contributed by atoms with Gasteiger partial charge in [-0.2, -0.15) is 5.01 Å². The number of benzene rings is 1. The number of fused-ring (bicyclic) bond motifs is 1. The van der Waals surface area contributed by atoms with E-state index in [2.05, 4.69) is 22.7 Å². The zero-order chi connectivity index (χ0) is 22.2. The van der Waals surface area contributed by atoms with Crippen molar-refractivity contribution in [2.45, 2.75) is 56.8 Å². The Labute approximate surface area is 183 Å². The van der Waals surface area contributed by atoms with Crippen molar-refractivity contribution in [1.29, 1.82) is 0 Å². The highest BCUT2D eigenvalue weighted by Gasteiger charge is 2.52. The van der Waals surface area contributed by atoms with E-state index in [-0.39, 0.29) is 11.3 Å². The maximum absolute atomic E-state index is 12.9. The van der Waals surface area contributed by atoms with E-state index in [4.69, 9.17) is 0 Å². The number of rotatable bonds is 5. The molecule has 1 aromatic heterocycles. The van der Waals surface area contributed by atoms with Gasteiger partial charge < -0.3 is 5.32 Å². The van der Waals surface area contributed by atoms with Gasteiger partial charge in [0.2, 0.25) is 5.91 Å². The summed E-state index contributed by atoms with van der Waals surface area (Å²) in [6.45, 7) is 4.37. The Morgan fingerprint density at radius 3 is 2.68 bits per heavy atom. The maximum atomic E-state index is 12.9. The molecule has 31 heavy (non-hydrogen) atoms. The summed E-state index contributed by atoms with van der Waals surface area (Å²) in [4.78, 5) is 54.9. The van der Waals surface area contributed by atoms with Crippen LogP contribution in [-0.2, 0) is 16.1 Å². The van der Waals surface area contributed by atoms with E-state index in [1.54, 1.807) is 24.3 Å². The van der Waals surface area contributed by atoms with Crippen molar-refractivity contribution in [1.82, 2.24) is 25.3 Å². The number of nitrogens with zero attached hydrogens (tertiary/aromatic N) is 3. The first kappa shape index (κ1) is 21.4. The van der Waals surface area contributed by atoms with Crippen LogP contribution in [0.1, 0.15) is 39.5 Å². The lowest BCUT2D eigenvalue weighted by Gasteiger charge is -2.33. The average Bonchev–Trinajstić information content (AvgIpc) is 2.98. The monoisotopic (exact) mass is 443 g/mol. The number of thioether (sulfide) groups is 1. The molecule has 2 heterocycles. The summed E-state index contributed by atoms with van der Waals surface area (Å²) < 4.78 is 1.51. The first-order valence-electron chi connectivity index (χ1n) is 10.4. The fourth-order valence-electron chi connectivity index (χ4n) is 4.14. The van der Waals surface area contributed by atoms with Gasteiger partial charge in [-0.05, 0) is 50.7 Å². The highest BCUT2D eigenvalue weighted by Crippen LogP contribution is 2.35. The number of hydrazine groups is 1. The minimum absolute atomic E-state index is 0.0914. The first-order chi connectivity index (χ1) is 14.8. The predicted octanol–water partition coefficient (Wildman–Crippen LogP) is 2.04. The maximum Gasteiger partial charge on any atom is 0.344 e. The quantitative estimate of drug-likeness (QED) is 0.415. The minimum Gasteiger partial charge on any atom is -0.322 e. The molecular weight excluding hydrogens is 418 g/mol. The van der Waals surface area contributed by atoms with Crippen LogP contribution in [-0.4, -0.2) is 43.7 Å². The number of hydrogen-bond donors (Lipinski definition) is 2. The van der Waals surface area contributed by atoms with Crippen LogP contribution in [0.3, 0.4) is 0 Å². The smallest absolute Gasteiger partial charge is 0.322 e. The van der Waals surface area contributed by atoms with Crippen molar-refractivity contribution < 1.29 is 14.4 Å². The molecule has 4 rings (SSSR count). The van der Waals surface area contributed by atoms with Gasteiger partial charge in [-0.1, -0.05) is 30.8 Å². The average molecular weight is 444 g/mol. The minimum atomic E-state index is -0.910. The number of carbonyl (C=O) groups excluding carboxylic acids is 3. The Balaban J connectivity index is 1.45. The summed E-state index contributed by atoms with van der Waals surface area (Å²) in [5.74, 6) is -0.496. The van der Waals surface area contributed by atoms with Crippen molar-refractivity contribution in [3.8, 4) is 0 Å². The zero-order valence-electron chi connectivity index (χ0n) is 17.5. The fourth-order valence-corrected chi connectivity index (χ4v) is 4.99. The van der Waals surface area contributed by atoms with Crippen LogP contribution < -0.4 is 16.3 Å². The van der Waals surface area contributed by atoms with Gasteiger partial charge in [0.1, 0.15) is 5.54 Å². The standard InChI is InChI=1S/C21H25N5O4S/c1-3-25-17(28)14-6-4-5-7-15(14)22-20(25)31-12-16(27)24-26-18(29)21(23-19(26)30)10-8-13(2)9-11-21/h4-7,13H,3,8-12H2,1-2H3,(H,23,30)(H,24,27). The largest absolute Gasteiger partial charge is 0.344 e. The number of aromatic nitrogens is 2. The van der Waals surface area contributed by atoms with Crippen LogP contribution in [0, 0.1) is 5.92 Å². The van der Waals surface area contributed by atoms with Gasteiger partial charge in [0.25, 0.3) is 11.5 Å². The molecule has 1 aliphatic heterocycles. The zero-order valence-corrected chi connectivity index (χ0v) is 18.3. The fraction of sp³-hybridized carbons (Fsp3) is 0.476. The Hall–Kier alpha value is -2.88. The van der Waals surface area contributed by atoms with Gasteiger partial charge in [0, 0.05) is 6.54 Å². The molecule has 10 heteroatoms. The molecule has 2 aromatic rings. The number of hydrogen-bond acceptors (Lipinski definition) is 6. The number of imide groups is 1. The molecule has 2 aliphatic rings. The first-order valence-corrected chi connectivity index (χ1v) is 11.4. The van der Waals surface area contributed by atoms with Crippen LogP contribution in [0.5, 0.6) is 0 Å². The molecule has 2 N–H and O–H groups in total. The van der Waals surface area contributed by atoms with Crippen molar-refractivity contribution in [3.63, 3.8) is 0 Å². The molecule has 0 radical (unpaired) electrons. The van der Waals surface area contributed by atoms with Crippen LogP contribution in [0.4, 0.5) is 4.79 Å². The molecule has 9 nitrogen and oxygen atoms in total. The lowest BCUT2D eigenvalue weighted by Crippen LogP contribution is -2.51. The lowest BCUT2D eigenvalue weighted by atomic mass is 9.77. The highest BCUT2D eigenvalue weighted by molar-refractivity contribution is 7.99. The van der Waals surface area contributed by atoms with Gasteiger partial charge >= 0.3 is 6.03 Å². The van der Waals surface area contributed by atoms with Crippen LogP contribution in [0.25, 0.3) is 10.9 Å². The van der Waals surface area contributed by atoms with Crippen molar-refractivity contribution in [2.24, 2.45) is 5.92 Å². The predicted molar refractivity (Wildman–Crippen MR) is 116 cm³/mol. The second-order valence-corrected chi connectivity index (χ2v) is 9.06. The second kappa shape index (κ2) is 8.33. The summed E-state index contributed by atoms with van der Waals surface area (Å²) in [7, 11) is 0. The third-order valence-corrected chi connectivity index (χ3v) is 6.98. The number of carbonyl (C=O) groups is 3. The van der Waals surface area contributed by atoms with E-state index in [9.17, 15) is 19.2 Å². The number of para-hydroxylation sites is 1. The molecular formula is C21H25N5O4S. The molecule has 4 amide bonds. The normalized spacial score (nSPS) is 23.4. The lowest BCUT2D eigenvalue weighted by molar-refractivity contribution is -0.139. The second-order valence-electron chi connectivity index (χ2n) is 8.12. The molecule has 1 saturated heterocycles. The molecule has 164 valence electrons. The Morgan fingerprint density at radius 2 is 1.97 bits per heavy atom. The summed E-state index contributed by atoms with van der Waals surface area (Å²) in [6.07, 6.45) is 2.85. The molecule has 1 saturated carbocycles. The topological polar surface area (TPSA) is 113 Å². The van der Waals surface area contributed by atoms with E-state index >= 15 is 0 Å². The van der Waals surface area contributed by atoms with Gasteiger partial charge in [-0.25, -0.2) is 9.78 Å². The summed E-state index contributed by atoms with van der Waals surface area (Å²) in [5.41, 5.74) is 1.90. The van der Waals surface area contributed by atoms with E-state index in [1.807, 2.05) is 6.92 Å². The summed E-state index contributed by atoms with van der Waals surface area (Å²) in [6, 6.07) is 6.44. The summed E-state index contributed by atoms with van der Waals surface area (Å²) in [5, 5.41) is 4.50. The molecule has 0 bridgehead atoms. The van der Waals surface area contributed by atoms with Gasteiger partial charge in [0.05, 0.1) is 16.7 Å². The Morgan fingerprint density at radius 1 is 1.26 bits per heavy atom. The van der Waals surface area contributed by atoms with Gasteiger partial charge in [-0.3, -0.25) is 24.4 Å².